The standard InChI is InChI=1S/C17H16N2O/c1-11-7-8-13(9-12(11)2)18-10-15-14-5-3-4-6-16(14)19-17(15)20/h3-10,15H,1-2H3,(H,19,20). The lowest BCUT2D eigenvalue weighted by atomic mass is 10.0. The maximum atomic E-state index is 12.0. The van der Waals surface area contributed by atoms with Crippen molar-refractivity contribution in [2.75, 3.05) is 5.32 Å². The summed E-state index contributed by atoms with van der Waals surface area (Å²) in [4.78, 5) is 16.4. The molecule has 0 aliphatic carbocycles. The van der Waals surface area contributed by atoms with Crippen molar-refractivity contribution in [1.29, 1.82) is 0 Å². The Hall–Kier alpha value is -2.42. The zero-order valence-corrected chi connectivity index (χ0v) is 11.6. The van der Waals surface area contributed by atoms with Crippen LogP contribution in [0.5, 0.6) is 0 Å². The molecule has 1 aliphatic heterocycles. The highest BCUT2D eigenvalue weighted by Crippen LogP contribution is 2.31. The SMILES string of the molecule is Cc1ccc(N=CC2C(=O)Nc3ccccc32)cc1C. The molecule has 2 aromatic carbocycles. The number of hydrogen-bond donors (Lipinski definition) is 1. The quantitative estimate of drug-likeness (QED) is 0.825. The van der Waals surface area contributed by atoms with Gasteiger partial charge in [0, 0.05) is 11.9 Å². The second-order valence-electron chi connectivity index (χ2n) is 5.10. The molecule has 3 heteroatoms. The number of amides is 1. The number of benzene rings is 2. The van der Waals surface area contributed by atoms with Crippen LogP contribution in [-0.2, 0) is 4.79 Å². The van der Waals surface area contributed by atoms with Gasteiger partial charge in [-0.2, -0.15) is 0 Å². The van der Waals surface area contributed by atoms with Crippen molar-refractivity contribution in [3.63, 3.8) is 0 Å². The van der Waals surface area contributed by atoms with Gasteiger partial charge in [-0.05, 0) is 48.7 Å². The summed E-state index contributed by atoms with van der Waals surface area (Å²) in [5.41, 5.74) is 5.20. The summed E-state index contributed by atoms with van der Waals surface area (Å²) in [7, 11) is 0. The van der Waals surface area contributed by atoms with Gasteiger partial charge < -0.3 is 5.32 Å². The predicted molar refractivity (Wildman–Crippen MR) is 81.9 cm³/mol. The monoisotopic (exact) mass is 264 g/mol. The number of para-hydroxylation sites is 1. The molecule has 2 aromatic rings. The minimum atomic E-state index is -0.298. The normalized spacial score (nSPS) is 17.3. The van der Waals surface area contributed by atoms with E-state index in [-0.39, 0.29) is 11.8 Å². The Balaban J connectivity index is 1.89. The number of nitrogens with one attached hydrogen (secondary N) is 1. The average molecular weight is 264 g/mol. The van der Waals surface area contributed by atoms with Crippen LogP contribution in [0.25, 0.3) is 0 Å². The first kappa shape index (κ1) is 12.6. The molecule has 0 spiro atoms. The number of rotatable bonds is 2. The molecule has 0 fully saturated rings. The van der Waals surface area contributed by atoms with Crippen molar-refractivity contribution >= 4 is 23.5 Å². The van der Waals surface area contributed by atoms with Crippen molar-refractivity contribution in [1.82, 2.24) is 0 Å². The van der Waals surface area contributed by atoms with Crippen LogP contribution < -0.4 is 5.32 Å². The van der Waals surface area contributed by atoms with Crippen molar-refractivity contribution in [3.05, 3.63) is 59.2 Å². The molecule has 3 rings (SSSR count). The van der Waals surface area contributed by atoms with E-state index in [1.165, 1.54) is 11.1 Å². The van der Waals surface area contributed by atoms with Crippen LogP contribution >= 0.6 is 0 Å². The number of fused-ring (bicyclic) bond motifs is 1. The van der Waals surface area contributed by atoms with Gasteiger partial charge in [-0.3, -0.25) is 9.79 Å². The van der Waals surface area contributed by atoms with Crippen LogP contribution in [-0.4, -0.2) is 12.1 Å². The zero-order chi connectivity index (χ0) is 14.1. The summed E-state index contributed by atoms with van der Waals surface area (Å²) in [6.45, 7) is 4.13. The first-order valence-corrected chi connectivity index (χ1v) is 6.66. The molecule has 0 bridgehead atoms. The average Bonchev–Trinajstić information content (AvgIpc) is 2.76. The second kappa shape index (κ2) is 4.93. The molecule has 1 atom stereocenters. The minimum Gasteiger partial charge on any atom is -0.325 e. The topological polar surface area (TPSA) is 41.5 Å². The molecular weight excluding hydrogens is 248 g/mol. The van der Waals surface area contributed by atoms with E-state index in [0.29, 0.717) is 0 Å². The van der Waals surface area contributed by atoms with E-state index in [1.54, 1.807) is 6.21 Å². The molecule has 0 saturated carbocycles. The first-order valence-electron chi connectivity index (χ1n) is 6.66. The largest absolute Gasteiger partial charge is 0.325 e. The summed E-state index contributed by atoms with van der Waals surface area (Å²) in [5.74, 6) is -0.313. The Kier molecular flexibility index (Phi) is 3.11. The maximum absolute atomic E-state index is 12.0. The lowest BCUT2D eigenvalue weighted by Crippen LogP contribution is -2.12. The molecule has 0 saturated heterocycles. The Morgan fingerprint density at radius 1 is 1.10 bits per heavy atom. The number of nitrogens with zero attached hydrogens (tertiary/aromatic N) is 1. The molecule has 1 heterocycles. The van der Waals surface area contributed by atoms with Crippen LogP contribution in [0.15, 0.2) is 47.5 Å². The van der Waals surface area contributed by atoms with Gasteiger partial charge in [0.1, 0.15) is 5.92 Å². The van der Waals surface area contributed by atoms with E-state index >= 15 is 0 Å². The number of hydrogen-bond acceptors (Lipinski definition) is 2. The van der Waals surface area contributed by atoms with Crippen molar-refractivity contribution < 1.29 is 4.79 Å². The van der Waals surface area contributed by atoms with E-state index < -0.39 is 0 Å². The lowest BCUT2D eigenvalue weighted by molar-refractivity contribution is -0.115. The summed E-state index contributed by atoms with van der Waals surface area (Å²) < 4.78 is 0. The van der Waals surface area contributed by atoms with Gasteiger partial charge in [0.15, 0.2) is 0 Å². The van der Waals surface area contributed by atoms with Crippen LogP contribution in [0.4, 0.5) is 11.4 Å². The van der Waals surface area contributed by atoms with Gasteiger partial charge in [-0.1, -0.05) is 24.3 Å². The highest BCUT2D eigenvalue weighted by Gasteiger charge is 2.28. The summed E-state index contributed by atoms with van der Waals surface area (Å²) in [6.07, 6.45) is 1.73. The van der Waals surface area contributed by atoms with Gasteiger partial charge in [-0.15, -0.1) is 0 Å². The Morgan fingerprint density at radius 3 is 2.70 bits per heavy atom. The number of aliphatic imine (C=N–C) groups is 1. The molecule has 20 heavy (non-hydrogen) atoms. The first-order chi connectivity index (χ1) is 9.65. The summed E-state index contributed by atoms with van der Waals surface area (Å²) in [6, 6.07) is 13.8. The molecule has 1 amide bonds. The molecule has 1 unspecified atom stereocenters. The van der Waals surface area contributed by atoms with E-state index in [1.807, 2.05) is 42.5 Å². The third-order valence-corrected chi connectivity index (χ3v) is 3.70. The highest BCUT2D eigenvalue weighted by atomic mass is 16.2. The van der Waals surface area contributed by atoms with E-state index in [0.717, 1.165) is 16.9 Å². The molecular formula is C17H16N2O. The Bertz CT molecular complexity index is 704. The fourth-order valence-electron chi connectivity index (χ4n) is 2.35. The summed E-state index contributed by atoms with van der Waals surface area (Å²) in [5, 5.41) is 2.87. The van der Waals surface area contributed by atoms with Crippen molar-refractivity contribution in [3.8, 4) is 0 Å². The fourth-order valence-corrected chi connectivity index (χ4v) is 2.35. The van der Waals surface area contributed by atoms with Crippen LogP contribution in [0.3, 0.4) is 0 Å². The van der Waals surface area contributed by atoms with Gasteiger partial charge in [0.25, 0.3) is 0 Å². The fraction of sp³-hybridized carbons (Fsp3) is 0.176. The van der Waals surface area contributed by atoms with Gasteiger partial charge in [0.05, 0.1) is 5.69 Å². The Labute approximate surface area is 118 Å². The molecule has 0 aromatic heterocycles. The molecule has 1 aliphatic rings. The second-order valence-corrected chi connectivity index (χ2v) is 5.10. The minimum absolute atomic E-state index is 0.0150. The smallest absolute Gasteiger partial charge is 0.237 e. The van der Waals surface area contributed by atoms with Crippen LogP contribution in [0.1, 0.15) is 22.6 Å². The van der Waals surface area contributed by atoms with Crippen molar-refractivity contribution in [2.24, 2.45) is 4.99 Å². The maximum Gasteiger partial charge on any atom is 0.237 e. The lowest BCUT2D eigenvalue weighted by Gasteiger charge is -2.03. The van der Waals surface area contributed by atoms with Crippen LogP contribution in [0.2, 0.25) is 0 Å². The number of carbonyl (C=O) groups is 1. The van der Waals surface area contributed by atoms with Gasteiger partial charge in [0.2, 0.25) is 5.91 Å². The third kappa shape index (κ3) is 2.23. The molecule has 0 radical (unpaired) electrons. The molecule has 100 valence electrons. The van der Waals surface area contributed by atoms with Crippen LogP contribution in [0, 0.1) is 13.8 Å². The summed E-state index contributed by atoms with van der Waals surface area (Å²) >= 11 is 0. The molecule has 3 nitrogen and oxygen atoms in total. The number of anilines is 1. The van der Waals surface area contributed by atoms with E-state index in [2.05, 4.69) is 24.2 Å². The third-order valence-electron chi connectivity index (χ3n) is 3.70. The van der Waals surface area contributed by atoms with Gasteiger partial charge >= 0.3 is 0 Å². The Morgan fingerprint density at radius 2 is 1.90 bits per heavy atom. The molecule has 1 N–H and O–H groups in total. The van der Waals surface area contributed by atoms with Crippen molar-refractivity contribution in [2.45, 2.75) is 19.8 Å². The number of aryl methyl sites for hydroxylation is 2. The van der Waals surface area contributed by atoms with E-state index in [9.17, 15) is 4.79 Å². The van der Waals surface area contributed by atoms with E-state index in [4.69, 9.17) is 0 Å². The highest BCUT2D eigenvalue weighted by molar-refractivity contribution is 6.12. The number of carbonyl (C=O) groups excluding carboxylic acids is 1. The predicted octanol–water partition coefficient (Wildman–Crippen LogP) is 3.74. The zero-order valence-electron chi connectivity index (χ0n) is 11.6. The van der Waals surface area contributed by atoms with Gasteiger partial charge in [-0.25, -0.2) is 0 Å².